The second-order valence-corrected chi connectivity index (χ2v) is 6.09. The van der Waals surface area contributed by atoms with E-state index in [-0.39, 0.29) is 0 Å². The van der Waals surface area contributed by atoms with E-state index in [2.05, 4.69) is 24.1 Å². The summed E-state index contributed by atoms with van der Waals surface area (Å²) < 4.78 is 0. The molecule has 94 valence electrons. The van der Waals surface area contributed by atoms with Crippen LogP contribution in [0.4, 0.5) is 0 Å². The van der Waals surface area contributed by atoms with Gasteiger partial charge in [-0.05, 0) is 50.2 Å². The predicted molar refractivity (Wildman–Crippen MR) is 69.6 cm³/mol. The Morgan fingerprint density at radius 3 is 2.81 bits per heavy atom. The number of nitrogens with zero attached hydrogens (tertiary/aromatic N) is 1. The molecule has 1 aliphatic heterocycles. The van der Waals surface area contributed by atoms with Crippen molar-refractivity contribution in [2.24, 2.45) is 17.8 Å². The average Bonchev–Trinajstić information content (AvgIpc) is 2.60. The highest BCUT2D eigenvalue weighted by atomic mass is 15.1. The molecular formula is C14H28N2. The Hall–Kier alpha value is -0.0800. The Morgan fingerprint density at radius 2 is 2.06 bits per heavy atom. The highest BCUT2D eigenvalue weighted by Gasteiger charge is 2.26. The van der Waals surface area contributed by atoms with E-state index in [1.54, 1.807) is 0 Å². The van der Waals surface area contributed by atoms with Gasteiger partial charge in [-0.1, -0.05) is 26.7 Å². The molecule has 2 fully saturated rings. The number of hydrogen-bond donors (Lipinski definition) is 1. The van der Waals surface area contributed by atoms with Gasteiger partial charge >= 0.3 is 0 Å². The van der Waals surface area contributed by atoms with Gasteiger partial charge in [-0.25, -0.2) is 0 Å². The van der Waals surface area contributed by atoms with Crippen LogP contribution >= 0.6 is 0 Å². The Bertz CT molecular complexity index is 205. The molecule has 0 bridgehead atoms. The standard InChI is InChI=1S/C14H28N2/c1-12-9-15-7-4-8-16(10-12)11-14-6-3-5-13(14)2/h12-15H,3-11H2,1-2H3. The van der Waals surface area contributed by atoms with Crippen LogP contribution in [0.5, 0.6) is 0 Å². The van der Waals surface area contributed by atoms with Gasteiger partial charge in [-0.2, -0.15) is 0 Å². The first kappa shape index (κ1) is 12.4. The molecule has 3 atom stereocenters. The van der Waals surface area contributed by atoms with Crippen molar-refractivity contribution in [1.82, 2.24) is 10.2 Å². The Balaban J connectivity index is 1.81. The van der Waals surface area contributed by atoms with Crippen LogP contribution < -0.4 is 5.32 Å². The lowest BCUT2D eigenvalue weighted by atomic mass is 9.97. The molecule has 0 radical (unpaired) electrons. The van der Waals surface area contributed by atoms with Crippen LogP contribution in [-0.2, 0) is 0 Å². The van der Waals surface area contributed by atoms with Crippen molar-refractivity contribution in [2.45, 2.75) is 39.5 Å². The van der Waals surface area contributed by atoms with Crippen molar-refractivity contribution in [1.29, 1.82) is 0 Å². The first-order valence-corrected chi connectivity index (χ1v) is 7.19. The van der Waals surface area contributed by atoms with E-state index in [9.17, 15) is 0 Å². The summed E-state index contributed by atoms with van der Waals surface area (Å²) in [6.45, 7) is 11.2. The molecule has 0 aromatic heterocycles. The van der Waals surface area contributed by atoms with Crippen LogP contribution in [0, 0.1) is 17.8 Å². The minimum atomic E-state index is 0.817. The van der Waals surface area contributed by atoms with Gasteiger partial charge in [0.2, 0.25) is 0 Å². The Morgan fingerprint density at radius 1 is 1.19 bits per heavy atom. The summed E-state index contributed by atoms with van der Waals surface area (Å²) in [5.74, 6) is 2.77. The van der Waals surface area contributed by atoms with E-state index in [0.29, 0.717) is 0 Å². The fourth-order valence-corrected chi connectivity index (χ4v) is 3.36. The van der Waals surface area contributed by atoms with Gasteiger partial charge in [-0.3, -0.25) is 0 Å². The summed E-state index contributed by atoms with van der Waals surface area (Å²) in [7, 11) is 0. The smallest absolute Gasteiger partial charge is 0.00193 e. The maximum absolute atomic E-state index is 3.53. The molecule has 16 heavy (non-hydrogen) atoms. The largest absolute Gasteiger partial charge is 0.316 e. The van der Waals surface area contributed by atoms with Crippen molar-refractivity contribution in [3.05, 3.63) is 0 Å². The lowest BCUT2D eigenvalue weighted by Gasteiger charge is -2.31. The van der Waals surface area contributed by atoms with Crippen LogP contribution in [0.15, 0.2) is 0 Å². The van der Waals surface area contributed by atoms with E-state index in [1.807, 2.05) is 0 Å². The molecule has 3 unspecified atom stereocenters. The lowest BCUT2D eigenvalue weighted by molar-refractivity contribution is 0.173. The zero-order chi connectivity index (χ0) is 11.4. The van der Waals surface area contributed by atoms with Gasteiger partial charge in [0.15, 0.2) is 0 Å². The molecule has 1 aliphatic carbocycles. The molecule has 1 N–H and O–H groups in total. The summed E-state index contributed by atoms with van der Waals surface area (Å²) in [6.07, 6.45) is 5.74. The second kappa shape index (κ2) is 6.02. The lowest BCUT2D eigenvalue weighted by Crippen LogP contribution is -2.41. The van der Waals surface area contributed by atoms with Gasteiger partial charge < -0.3 is 10.2 Å². The molecule has 0 aromatic carbocycles. The third-order valence-corrected chi connectivity index (χ3v) is 4.42. The minimum Gasteiger partial charge on any atom is -0.316 e. The SMILES string of the molecule is CC1CNCCCN(CC2CCCC2C)C1. The van der Waals surface area contributed by atoms with Crippen LogP contribution in [0.25, 0.3) is 0 Å². The molecule has 2 rings (SSSR count). The summed E-state index contributed by atoms with van der Waals surface area (Å²) in [5, 5.41) is 3.53. The fraction of sp³-hybridized carbons (Fsp3) is 1.00. The van der Waals surface area contributed by atoms with Gasteiger partial charge in [0.05, 0.1) is 0 Å². The van der Waals surface area contributed by atoms with Crippen molar-refractivity contribution in [3.63, 3.8) is 0 Å². The van der Waals surface area contributed by atoms with Gasteiger partial charge in [0.1, 0.15) is 0 Å². The predicted octanol–water partition coefficient (Wildman–Crippen LogP) is 2.35. The van der Waals surface area contributed by atoms with E-state index >= 15 is 0 Å². The van der Waals surface area contributed by atoms with Gasteiger partial charge in [-0.15, -0.1) is 0 Å². The van der Waals surface area contributed by atoms with Crippen molar-refractivity contribution < 1.29 is 0 Å². The Kier molecular flexibility index (Phi) is 4.66. The highest BCUT2D eigenvalue weighted by molar-refractivity contribution is 4.79. The highest BCUT2D eigenvalue weighted by Crippen LogP contribution is 2.31. The topological polar surface area (TPSA) is 15.3 Å². The van der Waals surface area contributed by atoms with Crippen molar-refractivity contribution >= 4 is 0 Å². The van der Waals surface area contributed by atoms with Crippen LogP contribution in [0.1, 0.15) is 39.5 Å². The first-order valence-electron chi connectivity index (χ1n) is 7.19. The number of rotatable bonds is 2. The molecule has 0 amide bonds. The summed E-state index contributed by atoms with van der Waals surface area (Å²) >= 11 is 0. The average molecular weight is 224 g/mol. The van der Waals surface area contributed by atoms with Gasteiger partial charge in [0, 0.05) is 13.1 Å². The van der Waals surface area contributed by atoms with Crippen molar-refractivity contribution in [3.8, 4) is 0 Å². The molecule has 1 saturated carbocycles. The molecule has 0 spiro atoms. The minimum absolute atomic E-state index is 0.817. The summed E-state index contributed by atoms with van der Waals surface area (Å²) in [4.78, 5) is 2.73. The van der Waals surface area contributed by atoms with Crippen LogP contribution in [0.2, 0.25) is 0 Å². The van der Waals surface area contributed by atoms with Crippen LogP contribution in [-0.4, -0.2) is 37.6 Å². The van der Waals surface area contributed by atoms with E-state index in [1.165, 1.54) is 58.4 Å². The maximum atomic E-state index is 3.53. The van der Waals surface area contributed by atoms with Crippen molar-refractivity contribution in [2.75, 3.05) is 32.7 Å². The van der Waals surface area contributed by atoms with E-state index in [0.717, 1.165) is 17.8 Å². The van der Waals surface area contributed by atoms with Gasteiger partial charge in [0.25, 0.3) is 0 Å². The zero-order valence-corrected chi connectivity index (χ0v) is 11.0. The third kappa shape index (κ3) is 3.46. The van der Waals surface area contributed by atoms with Crippen LogP contribution in [0.3, 0.4) is 0 Å². The molecule has 0 aromatic rings. The quantitative estimate of drug-likeness (QED) is 0.774. The summed E-state index contributed by atoms with van der Waals surface area (Å²) in [5.41, 5.74) is 0. The monoisotopic (exact) mass is 224 g/mol. The third-order valence-electron chi connectivity index (χ3n) is 4.42. The van der Waals surface area contributed by atoms with E-state index < -0.39 is 0 Å². The molecule has 2 heteroatoms. The number of hydrogen-bond acceptors (Lipinski definition) is 2. The molecule has 1 heterocycles. The summed E-state index contributed by atoms with van der Waals surface area (Å²) in [6, 6.07) is 0. The maximum Gasteiger partial charge on any atom is 0.00193 e. The zero-order valence-electron chi connectivity index (χ0n) is 11.0. The first-order chi connectivity index (χ1) is 7.75. The fourth-order valence-electron chi connectivity index (χ4n) is 3.36. The molecular weight excluding hydrogens is 196 g/mol. The normalized spacial score (nSPS) is 38.2. The number of nitrogens with one attached hydrogen (secondary N) is 1. The second-order valence-electron chi connectivity index (χ2n) is 6.09. The van der Waals surface area contributed by atoms with E-state index in [4.69, 9.17) is 0 Å². The molecule has 2 nitrogen and oxygen atoms in total. The Labute approximate surface area is 101 Å². The molecule has 1 saturated heterocycles. The molecule has 2 aliphatic rings.